The maximum atomic E-state index is 12.3. The number of likely N-dealkylation sites (tertiary alicyclic amines) is 1. The monoisotopic (exact) mass is 341 g/mol. The minimum Gasteiger partial charge on any atom is -0.342 e. The van der Waals surface area contributed by atoms with E-state index in [1.54, 1.807) is 11.9 Å². The van der Waals surface area contributed by atoms with E-state index in [1.807, 2.05) is 0 Å². The largest absolute Gasteiger partial charge is 0.342 e. The summed E-state index contributed by atoms with van der Waals surface area (Å²) in [5.41, 5.74) is 0. The number of sulfonamides is 1. The number of amides is 1. The predicted molar refractivity (Wildman–Crippen MR) is 84.1 cm³/mol. The number of nitrogens with zero attached hydrogens (tertiary/aromatic N) is 3. The van der Waals surface area contributed by atoms with Crippen LogP contribution in [0.4, 0.5) is 0 Å². The lowest BCUT2D eigenvalue weighted by molar-refractivity contribution is -0.129. The highest BCUT2D eigenvalue weighted by molar-refractivity contribution is 7.89. The Bertz CT molecular complexity index is 658. The van der Waals surface area contributed by atoms with Crippen LogP contribution in [0, 0.1) is 11.8 Å². The Labute approximate surface area is 136 Å². The highest BCUT2D eigenvalue weighted by Gasteiger charge is 2.31. The Kier molecular flexibility index (Phi) is 4.69. The molecule has 2 fully saturated rings. The van der Waals surface area contributed by atoms with Crippen LogP contribution >= 0.6 is 0 Å². The van der Waals surface area contributed by atoms with Gasteiger partial charge in [0.2, 0.25) is 15.9 Å². The number of nitrogens with one attached hydrogen (secondary N) is 2. The summed E-state index contributed by atoms with van der Waals surface area (Å²) in [6, 6.07) is 0. The quantitative estimate of drug-likeness (QED) is 0.744. The highest BCUT2D eigenvalue weighted by Crippen LogP contribution is 2.27. The second-order valence-electron chi connectivity index (χ2n) is 6.31. The maximum absolute atomic E-state index is 12.3. The molecule has 2 N–H and O–H groups in total. The van der Waals surface area contributed by atoms with Crippen molar-refractivity contribution >= 4 is 15.9 Å². The summed E-state index contributed by atoms with van der Waals surface area (Å²) in [5, 5.41) is 7.24. The molecule has 0 aliphatic carbocycles. The third-order valence-corrected chi connectivity index (χ3v) is 6.13. The van der Waals surface area contributed by atoms with E-state index in [0.717, 1.165) is 25.9 Å². The number of aryl methyl sites for hydroxylation is 1. The second-order valence-corrected chi connectivity index (χ2v) is 8.08. The van der Waals surface area contributed by atoms with Gasteiger partial charge in [0.1, 0.15) is 4.90 Å². The zero-order valence-electron chi connectivity index (χ0n) is 13.2. The van der Waals surface area contributed by atoms with Crippen molar-refractivity contribution in [1.82, 2.24) is 24.7 Å². The van der Waals surface area contributed by atoms with Gasteiger partial charge < -0.3 is 10.2 Å². The molecule has 2 aliphatic rings. The van der Waals surface area contributed by atoms with E-state index in [1.165, 1.54) is 17.1 Å². The molecule has 8 nitrogen and oxygen atoms in total. The minimum atomic E-state index is -3.69. The molecule has 1 aromatic rings. The molecule has 9 heteroatoms. The molecule has 0 unspecified atom stereocenters. The van der Waals surface area contributed by atoms with Crippen LogP contribution in [0.15, 0.2) is 17.3 Å². The van der Waals surface area contributed by atoms with Crippen LogP contribution in [0.3, 0.4) is 0 Å². The standard InChI is InChI=1S/C14H23N5O3S/c1-18-10-13(8-16-18)23(21,22)17-9-14(20)19-4-2-11-6-15-7-12(11)3-5-19/h8,10-12,15,17H,2-7,9H2,1H3/t11-,12+. The fourth-order valence-corrected chi connectivity index (χ4v) is 4.31. The third-order valence-electron chi connectivity index (χ3n) is 4.78. The van der Waals surface area contributed by atoms with Crippen LogP contribution in [0.2, 0.25) is 0 Å². The Balaban J connectivity index is 1.55. The molecule has 23 heavy (non-hydrogen) atoms. The summed E-state index contributed by atoms with van der Waals surface area (Å²) in [7, 11) is -2.04. The van der Waals surface area contributed by atoms with E-state index >= 15 is 0 Å². The first-order valence-electron chi connectivity index (χ1n) is 7.92. The number of fused-ring (bicyclic) bond motifs is 1. The molecular formula is C14H23N5O3S. The zero-order valence-corrected chi connectivity index (χ0v) is 14.1. The Morgan fingerprint density at radius 1 is 1.35 bits per heavy atom. The van der Waals surface area contributed by atoms with Gasteiger partial charge in [0.25, 0.3) is 0 Å². The number of carbonyl (C=O) groups is 1. The van der Waals surface area contributed by atoms with Crippen molar-refractivity contribution in [2.45, 2.75) is 17.7 Å². The normalized spacial score (nSPS) is 25.2. The van der Waals surface area contributed by atoms with Gasteiger partial charge in [-0.25, -0.2) is 13.1 Å². The molecule has 2 saturated heterocycles. The van der Waals surface area contributed by atoms with Crippen LogP contribution in [0.1, 0.15) is 12.8 Å². The van der Waals surface area contributed by atoms with Crippen LogP contribution in [-0.2, 0) is 21.9 Å². The van der Waals surface area contributed by atoms with E-state index in [-0.39, 0.29) is 17.3 Å². The average Bonchev–Trinajstić information content (AvgIpc) is 3.10. The summed E-state index contributed by atoms with van der Waals surface area (Å²) in [6.45, 7) is 3.26. The van der Waals surface area contributed by atoms with Crippen molar-refractivity contribution in [3.63, 3.8) is 0 Å². The van der Waals surface area contributed by atoms with E-state index in [2.05, 4.69) is 15.1 Å². The van der Waals surface area contributed by atoms with Gasteiger partial charge in [-0.2, -0.15) is 5.10 Å². The van der Waals surface area contributed by atoms with Gasteiger partial charge in [-0.05, 0) is 37.8 Å². The van der Waals surface area contributed by atoms with Crippen molar-refractivity contribution < 1.29 is 13.2 Å². The molecule has 0 aromatic carbocycles. The molecular weight excluding hydrogens is 318 g/mol. The number of hydrogen-bond donors (Lipinski definition) is 2. The van der Waals surface area contributed by atoms with Gasteiger partial charge in [-0.3, -0.25) is 9.48 Å². The van der Waals surface area contributed by atoms with Crippen LogP contribution in [0.5, 0.6) is 0 Å². The molecule has 128 valence electrons. The number of aromatic nitrogens is 2. The summed E-state index contributed by atoms with van der Waals surface area (Å²) >= 11 is 0. The fraction of sp³-hybridized carbons (Fsp3) is 0.714. The van der Waals surface area contributed by atoms with E-state index in [4.69, 9.17) is 0 Å². The molecule has 3 heterocycles. The van der Waals surface area contributed by atoms with Gasteiger partial charge in [-0.15, -0.1) is 0 Å². The van der Waals surface area contributed by atoms with E-state index < -0.39 is 10.0 Å². The fourth-order valence-electron chi connectivity index (χ4n) is 3.36. The summed E-state index contributed by atoms with van der Waals surface area (Å²) < 4.78 is 28.0. The number of rotatable bonds is 4. The van der Waals surface area contributed by atoms with Crippen LogP contribution in [0.25, 0.3) is 0 Å². The summed E-state index contributed by atoms with van der Waals surface area (Å²) in [5.74, 6) is 1.12. The second kappa shape index (κ2) is 6.58. The molecule has 2 aliphatic heterocycles. The zero-order chi connectivity index (χ0) is 16.4. The first kappa shape index (κ1) is 16.4. The molecule has 0 spiro atoms. The average molecular weight is 341 g/mol. The Hall–Kier alpha value is -1.45. The predicted octanol–water partition coefficient (Wildman–Crippen LogP) is -0.844. The smallest absolute Gasteiger partial charge is 0.244 e. The molecule has 0 bridgehead atoms. The summed E-state index contributed by atoms with van der Waals surface area (Å²) in [4.78, 5) is 14.2. The topological polar surface area (TPSA) is 96.3 Å². The van der Waals surface area contributed by atoms with Gasteiger partial charge >= 0.3 is 0 Å². The number of hydrogen-bond acceptors (Lipinski definition) is 5. The van der Waals surface area contributed by atoms with E-state index in [0.29, 0.717) is 24.9 Å². The highest BCUT2D eigenvalue weighted by atomic mass is 32.2. The minimum absolute atomic E-state index is 0.0734. The van der Waals surface area contributed by atoms with Crippen molar-refractivity contribution in [2.24, 2.45) is 18.9 Å². The molecule has 0 saturated carbocycles. The van der Waals surface area contributed by atoms with Gasteiger partial charge in [-0.1, -0.05) is 0 Å². The first-order chi connectivity index (χ1) is 11.0. The first-order valence-corrected chi connectivity index (χ1v) is 9.41. The SMILES string of the molecule is Cn1cc(S(=O)(=O)NCC(=O)N2CC[C@@H]3CNC[C@@H]3CC2)cn1. The lowest BCUT2D eigenvalue weighted by Crippen LogP contribution is -2.40. The van der Waals surface area contributed by atoms with Gasteiger partial charge in [0.15, 0.2) is 0 Å². The van der Waals surface area contributed by atoms with Gasteiger partial charge in [0, 0.05) is 26.3 Å². The van der Waals surface area contributed by atoms with Crippen molar-refractivity contribution in [2.75, 3.05) is 32.7 Å². The van der Waals surface area contributed by atoms with Crippen molar-refractivity contribution in [1.29, 1.82) is 0 Å². The van der Waals surface area contributed by atoms with Crippen molar-refractivity contribution in [3.05, 3.63) is 12.4 Å². The van der Waals surface area contributed by atoms with Crippen LogP contribution < -0.4 is 10.0 Å². The maximum Gasteiger partial charge on any atom is 0.244 e. The summed E-state index contributed by atoms with van der Waals surface area (Å²) in [6.07, 6.45) is 4.65. The lowest BCUT2D eigenvalue weighted by Gasteiger charge is -2.21. The van der Waals surface area contributed by atoms with E-state index in [9.17, 15) is 13.2 Å². The molecule has 1 amide bonds. The van der Waals surface area contributed by atoms with Gasteiger partial charge in [0.05, 0.1) is 12.7 Å². The lowest BCUT2D eigenvalue weighted by atomic mass is 9.92. The molecule has 1 aromatic heterocycles. The molecule has 2 atom stereocenters. The third kappa shape index (κ3) is 3.73. The molecule has 3 rings (SSSR count). The number of carbonyl (C=O) groups excluding carboxylic acids is 1. The van der Waals surface area contributed by atoms with Crippen LogP contribution in [-0.4, -0.2) is 61.7 Å². The van der Waals surface area contributed by atoms with Crippen molar-refractivity contribution in [3.8, 4) is 0 Å². The Morgan fingerprint density at radius 2 is 2.00 bits per heavy atom. The molecule has 0 radical (unpaired) electrons. The Morgan fingerprint density at radius 3 is 2.57 bits per heavy atom.